The van der Waals surface area contributed by atoms with Crippen molar-refractivity contribution in [2.24, 2.45) is 5.92 Å². The topological polar surface area (TPSA) is 110 Å². The van der Waals surface area contributed by atoms with Crippen LogP contribution in [0, 0.1) is 21.8 Å². The normalized spacial score (nSPS) is 14.3. The molecule has 0 fully saturated rings. The van der Waals surface area contributed by atoms with Crippen LogP contribution in [-0.4, -0.2) is 35.0 Å². The number of hydrogen-bond donors (Lipinski definition) is 1. The van der Waals surface area contributed by atoms with Crippen LogP contribution in [0.15, 0.2) is 48.7 Å². The van der Waals surface area contributed by atoms with Gasteiger partial charge in [0.2, 0.25) is 17.7 Å². The number of nitrogens with one attached hydrogen (secondary N) is 1. The fraction of sp³-hybridized carbons (Fsp3) is 0.269. The quantitative estimate of drug-likeness (QED) is 0.346. The van der Waals surface area contributed by atoms with Crippen molar-refractivity contribution in [2.75, 3.05) is 24.4 Å². The number of allylic oxidation sites excluding steroid dienone is 1. The first-order valence-electron chi connectivity index (χ1n) is 11.4. The van der Waals surface area contributed by atoms with Gasteiger partial charge in [-0.2, -0.15) is 4.39 Å². The predicted molar refractivity (Wildman–Crippen MR) is 135 cm³/mol. The van der Waals surface area contributed by atoms with Gasteiger partial charge in [-0.1, -0.05) is 51.1 Å². The average Bonchev–Trinajstić information content (AvgIpc) is 3.20. The molecule has 9 nitrogen and oxygen atoms in total. The number of rotatable bonds is 7. The van der Waals surface area contributed by atoms with E-state index in [1.54, 1.807) is 7.05 Å². The number of carbonyl (C=O) groups is 1. The average molecular weight is 492 g/mol. The van der Waals surface area contributed by atoms with Crippen molar-refractivity contribution >= 4 is 34.5 Å². The molecule has 0 saturated carbocycles. The maximum absolute atomic E-state index is 14.1. The Balaban J connectivity index is 1.85. The van der Waals surface area contributed by atoms with E-state index < -0.39 is 16.4 Å². The number of halogens is 1. The van der Waals surface area contributed by atoms with Gasteiger partial charge in [0.15, 0.2) is 0 Å². The van der Waals surface area contributed by atoms with Crippen LogP contribution in [0.3, 0.4) is 0 Å². The summed E-state index contributed by atoms with van der Waals surface area (Å²) in [4.78, 5) is 33.9. The van der Waals surface area contributed by atoms with E-state index in [4.69, 9.17) is 9.72 Å². The summed E-state index contributed by atoms with van der Waals surface area (Å²) in [5.41, 5.74) is 3.45. The molecule has 0 aliphatic heterocycles. The van der Waals surface area contributed by atoms with Gasteiger partial charge in [-0.05, 0) is 11.1 Å². The van der Waals surface area contributed by atoms with Gasteiger partial charge in [-0.25, -0.2) is 9.97 Å². The van der Waals surface area contributed by atoms with Gasteiger partial charge in [0.1, 0.15) is 5.75 Å². The summed E-state index contributed by atoms with van der Waals surface area (Å²) < 4.78 is 19.3. The Morgan fingerprint density at radius 2 is 2.00 bits per heavy atom. The van der Waals surface area contributed by atoms with E-state index in [0.717, 1.165) is 28.8 Å². The smallest absolute Gasteiger partial charge is 0.307 e. The Labute approximate surface area is 207 Å². The maximum Gasteiger partial charge on any atom is 0.307 e. The lowest BCUT2D eigenvalue weighted by Crippen LogP contribution is -2.31. The molecule has 0 bridgehead atoms. The Bertz CT molecular complexity index is 1390. The van der Waals surface area contributed by atoms with E-state index in [0.29, 0.717) is 11.4 Å². The van der Waals surface area contributed by atoms with Crippen molar-refractivity contribution in [2.45, 2.75) is 26.7 Å². The Morgan fingerprint density at radius 1 is 1.28 bits per heavy atom. The number of ether oxygens (including phenoxy) is 1. The second-order valence-corrected chi connectivity index (χ2v) is 8.82. The van der Waals surface area contributed by atoms with Gasteiger partial charge < -0.3 is 15.0 Å². The number of aromatic nitrogens is 2. The molecule has 4 rings (SSSR count). The summed E-state index contributed by atoms with van der Waals surface area (Å²) in [7, 11) is 3.00. The highest BCUT2D eigenvalue weighted by molar-refractivity contribution is 5.99. The zero-order valence-corrected chi connectivity index (χ0v) is 20.6. The molecule has 1 aromatic heterocycles. The molecular weight excluding hydrogens is 465 g/mol. The Hall–Kier alpha value is -4.34. The Kier molecular flexibility index (Phi) is 6.69. The number of fused-ring (bicyclic) bond motifs is 1. The summed E-state index contributed by atoms with van der Waals surface area (Å²) in [6, 6.07) is 9.93. The minimum atomic E-state index is -1.02. The second-order valence-electron chi connectivity index (χ2n) is 8.82. The third-order valence-corrected chi connectivity index (χ3v) is 6.08. The van der Waals surface area contributed by atoms with Crippen molar-refractivity contribution < 1.29 is 18.8 Å². The van der Waals surface area contributed by atoms with Gasteiger partial charge in [0.25, 0.3) is 0 Å². The molecule has 1 aliphatic carbocycles. The highest BCUT2D eigenvalue weighted by Crippen LogP contribution is 2.42. The van der Waals surface area contributed by atoms with E-state index in [1.807, 2.05) is 32.0 Å². The molecule has 2 aromatic carbocycles. The minimum absolute atomic E-state index is 0.0541. The lowest BCUT2D eigenvalue weighted by atomic mass is 10.00. The zero-order chi connectivity index (χ0) is 26.1. The number of benzene rings is 2. The molecule has 36 heavy (non-hydrogen) atoms. The number of nitro benzene ring substituents is 1. The molecule has 0 saturated heterocycles. The predicted octanol–water partition coefficient (Wildman–Crippen LogP) is 5.44. The molecule has 10 heteroatoms. The lowest BCUT2D eigenvalue weighted by Gasteiger charge is -2.23. The molecule has 186 valence electrons. The van der Waals surface area contributed by atoms with Crippen LogP contribution < -0.4 is 15.0 Å². The molecule has 1 heterocycles. The molecular formula is C26H26FN5O4. The molecule has 0 spiro atoms. The van der Waals surface area contributed by atoms with Crippen LogP contribution >= 0.6 is 0 Å². The van der Waals surface area contributed by atoms with Gasteiger partial charge in [0, 0.05) is 36.6 Å². The summed E-state index contributed by atoms with van der Waals surface area (Å²) >= 11 is 0. The summed E-state index contributed by atoms with van der Waals surface area (Å²) in [6.07, 6.45) is 3.61. The van der Waals surface area contributed by atoms with Crippen LogP contribution in [-0.2, 0) is 4.79 Å². The Morgan fingerprint density at radius 3 is 2.67 bits per heavy atom. The largest absolute Gasteiger partial charge is 0.494 e. The number of hydrogen-bond acceptors (Lipinski definition) is 7. The van der Waals surface area contributed by atoms with E-state index in [9.17, 15) is 19.3 Å². The van der Waals surface area contributed by atoms with Crippen molar-refractivity contribution in [3.05, 3.63) is 81.4 Å². The second kappa shape index (κ2) is 9.73. The molecule has 1 aliphatic rings. The number of carbonyl (C=O) groups excluding carboxylic acids is 1. The fourth-order valence-electron chi connectivity index (χ4n) is 4.23. The van der Waals surface area contributed by atoms with Gasteiger partial charge in [-0.15, -0.1) is 0 Å². The van der Waals surface area contributed by atoms with Crippen LogP contribution in [0.25, 0.3) is 5.57 Å². The third-order valence-electron chi connectivity index (χ3n) is 6.08. The van der Waals surface area contributed by atoms with E-state index in [-0.39, 0.29) is 35.1 Å². The molecule has 1 N–H and O–H groups in total. The highest BCUT2D eigenvalue weighted by atomic mass is 19.1. The van der Waals surface area contributed by atoms with Crippen LogP contribution in [0.2, 0.25) is 0 Å². The number of methoxy groups -OCH3 is 1. The summed E-state index contributed by atoms with van der Waals surface area (Å²) in [5.74, 6) is -1.06. The van der Waals surface area contributed by atoms with Gasteiger partial charge in [0.05, 0.1) is 35.3 Å². The first-order chi connectivity index (χ1) is 17.1. The monoisotopic (exact) mass is 491 g/mol. The summed E-state index contributed by atoms with van der Waals surface area (Å²) in [6.45, 7) is 5.71. The molecule has 3 aromatic rings. The summed E-state index contributed by atoms with van der Waals surface area (Å²) in [5, 5.41) is 14.2. The third kappa shape index (κ3) is 4.49. The standard InChI is InChI=1S/C26H26FN5O4/c1-14(2)25(33)31(4)22-13-28-26(29-20-12-21(32(34)35)19(27)11-23(20)36-5)30-24(22)18-10-15(3)16-8-6-7-9-17(16)18/h6-15H,1-5H3,(H,28,29,30). The number of nitrogens with zero attached hydrogens (tertiary/aromatic N) is 4. The number of nitro groups is 1. The maximum atomic E-state index is 14.1. The van der Waals surface area contributed by atoms with Crippen LogP contribution in [0.4, 0.5) is 27.4 Å². The molecule has 0 radical (unpaired) electrons. The van der Waals surface area contributed by atoms with Crippen LogP contribution in [0.1, 0.15) is 43.5 Å². The van der Waals surface area contributed by atoms with E-state index in [1.165, 1.54) is 18.2 Å². The molecule has 1 amide bonds. The van der Waals surface area contributed by atoms with Crippen molar-refractivity contribution in [3.63, 3.8) is 0 Å². The highest BCUT2D eigenvalue weighted by Gasteiger charge is 2.28. The van der Waals surface area contributed by atoms with E-state index >= 15 is 0 Å². The first-order valence-corrected chi connectivity index (χ1v) is 11.4. The number of anilines is 3. The minimum Gasteiger partial charge on any atom is -0.494 e. The van der Waals surface area contributed by atoms with Crippen molar-refractivity contribution in [1.29, 1.82) is 0 Å². The van der Waals surface area contributed by atoms with E-state index in [2.05, 4.69) is 29.4 Å². The van der Waals surface area contributed by atoms with Crippen molar-refractivity contribution in [1.82, 2.24) is 9.97 Å². The van der Waals surface area contributed by atoms with Gasteiger partial charge in [-0.3, -0.25) is 14.9 Å². The van der Waals surface area contributed by atoms with Crippen molar-refractivity contribution in [3.8, 4) is 5.75 Å². The first kappa shape index (κ1) is 24.8. The molecule has 1 unspecified atom stereocenters. The number of amides is 1. The van der Waals surface area contributed by atoms with Crippen LogP contribution in [0.5, 0.6) is 5.75 Å². The lowest BCUT2D eigenvalue weighted by molar-refractivity contribution is -0.387. The zero-order valence-electron chi connectivity index (χ0n) is 20.6. The SMILES string of the molecule is COc1cc(F)c([N+](=O)[O-])cc1Nc1ncc(N(C)C(=O)C(C)C)c(C2=CC(C)c3ccccc32)n1. The fourth-order valence-corrected chi connectivity index (χ4v) is 4.23. The van der Waals surface area contributed by atoms with Gasteiger partial charge >= 0.3 is 5.69 Å². The molecule has 1 atom stereocenters.